The van der Waals surface area contributed by atoms with Crippen LogP contribution in [0.25, 0.3) is 0 Å². The van der Waals surface area contributed by atoms with Crippen molar-refractivity contribution in [2.75, 3.05) is 5.32 Å². The van der Waals surface area contributed by atoms with Gasteiger partial charge in [-0.15, -0.1) is 12.4 Å². The van der Waals surface area contributed by atoms with Gasteiger partial charge in [0.05, 0.1) is 6.04 Å². The number of rotatable bonds is 6. The van der Waals surface area contributed by atoms with Gasteiger partial charge in [0.15, 0.2) is 5.78 Å². The van der Waals surface area contributed by atoms with E-state index in [0.717, 1.165) is 5.56 Å². The van der Waals surface area contributed by atoms with Crippen LogP contribution in [0.1, 0.15) is 21.5 Å². The van der Waals surface area contributed by atoms with Gasteiger partial charge in [-0.1, -0.05) is 60.7 Å². The van der Waals surface area contributed by atoms with Gasteiger partial charge in [0.25, 0.3) is 0 Å². The molecular weight excluding hydrogens is 360 g/mol. The van der Waals surface area contributed by atoms with E-state index in [0.29, 0.717) is 23.2 Å². The summed E-state index contributed by atoms with van der Waals surface area (Å²) in [6.45, 7) is 0. The second-order valence-electron chi connectivity index (χ2n) is 6.06. The van der Waals surface area contributed by atoms with Crippen LogP contribution in [-0.2, 0) is 11.2 Å². The molecule has 3 rings (SSSR count). The van der Waals surface area contributed by atoms with Gasteiger partial charge >= 0.3 is 0 Å². The van der Waals surface area contributed by atoms with Crippen molar-refractivity contribution in [3.05, 3.63) is 102 Å². The Kier molecular flexibility index (Phi) is 7.29. The Bertz CT molecular complexity index is 881. The molecule has 0 spiro atoms. The average molecular weight is 381 g/mol. The lowest BCUT2D eigenvalue weighted by molar-refractivity contribution is -0.117. The van der Waals surface area contributed by atoms with Gasteiger partial charge in [0.1, 0.15) is 0 Å². The quantitative estimate of drug-likeness (QED) is 0.638. The van der Waals surface area contributed by atoms with Crippen LogP contribution in [0.15, 0.2) is 84.9 Å². The maximum Gasteiger partial charge on any atom is 0.241 e. The molecule has 0 saturated carbocycles. The molecule has 3 N–H and O–H groups in total. The molecule has 3 aromatic rings. The fourth-order valence-electron chi connectivity index (χ4n) is 2.66. The zero-order valence-electron chi connectivity index (χ0n) is 14.7. The van der Waals surface area contributed by atoms with E-state index in [2.05, 4.69) is 5.32 Å². The minimum absolute atomic E-state index is 0. The Balaban J connectivity index is 0.00000261. The molecule has 0 aliphatic heterocycles. The number of carbonyl (C=O) groups is 2. The number of nitrogens with two attached hydrogens (primary N) is 1. The molecule has 0 fully saturated rings. The average Bonchev–Trinajstić information content (AvgIpc) is 2.69. The summed E-state index contributed by atoms with van der Waals surface area (Å²) < 4.78 is 0. The monoisotopic (exact) mass is 380 g/mol. The maximum absolute atomic E-state index is 12.4. The van der Waals surface area contributed by atoms with Crippen LogP contribution in [0.3, 0.4) is 0 Å². The summed E-state index contributed by atoms with van der Waals surface area (Å²) in [7, 11) is 0. The van der Waals surface area contributed by atoms with E-state index < -0.39 is 6.04 Å². The van der Waals surface area contributed by atoms with Crippen LogP contribution >= 0.6 is 12.4 Å². The smallest absolute Gasteiger partial charge is 0.241 e. The van der Waals surface area contributed by atoms with Crippen molar-refractivity contribution in [3.63, 3.8) is 0 Å². The third-order valence-electron chi connectivity index (χ3n) is 4.09. The van der Waals surface area contributed by atoms with Crippen molar-refractivity contribution in [3.8, 4) is 0 Å². The molecule has 3 aromatic carbocycles. The van der Waals surface area contributed by atoms with Gasteiger partial charge in [-0.3, -0.25) is 9.59 Å². The highest BCUT2D eigenvalue weighted by Gasteiger charge is 2.15. The van der Waals surface area contributed by atoms with Crippen molar-refractivity contribution >= 4 is 29.8 Å². The van der Waals surface area contributed by atoms with Crippen LogP contribution < -0.4 is 11.1 Å². The minimum Gasteiger partial charge on any atom is -0.325 e. The predicted octanol–water partition coefficient (Wildman–Crippen LogP) is 3.85. The second-order valence-corrected chi connectivity index (χ2v) is 6.06. The van der Waals surface area contributed by atoms with Gasteiger partial charge < -0.3 is 11.1 Å². The van der Waals surface area contributed by atoms with E-state index >= 15 is 0 Å². The first-order valence-corrected chi connectivity index (χ1v) is 8.43. The predicted molar refractivity (Wildman–Crippen MR) is 110 cm³/mol. The Hall–Kier alpha value is -2.95. The first-order valence-electron chi connectivity index (χ1n) is 8.43. The molecule has 0 saturated heterocycles. The third kappa shape index (κ3) is 5.51. The van der Waals surface area contributed by atoms with Crippen LogP contribution in [0.2, 0.25) is 0 Å². The number of carbonyl (C=O) groups excluding carboxylic acids is 2. The van der Waals surface area contributed by atoms with Crippen LogP contribution in [0.4, 0.5) is 5.69 Å². The SMILES string of the molecule is Cl.N[C@@H](Cc1ccccc1)C(=O)Nc1ccc(C(=O)c2ccccc2)cc1. The van der Waals surface area contributed by atoms with Crippen molar-refractivity contribution in [1.82, 2.24) is 0 Å². The molecule has 138 valence electrons. The van der Waals surface area contributed by atoms with Crippen molar-refractivity contribution < 1.29 is 9.59 Å². The van der Waals surface area contributed by atoms with E-state index in [1.807, 2.05) is 48.5 Å². The van der Waals surface area contributed by atoms with Gasteiger partial charge in [-0.2, -0.15) is 0 Å². The highest BCUT2D eigenvalue weighted by molar-refractivity contribution is 6.09. The largest absolute Gasteiger partial charge is 0.325 e. The normalized spacial score (nSPS) is 11.1. The summed E-state index contributed by atoms with van der Waals surface area (Å²) in [5, 5.41) is 2.79. The maximum atomic E-state index is 12.4. The Labute approximate surface area is 164 Å². The molecule has 0 aromatic heterocycles. The summed E-state index contributed by atoms with van der Waals surface area (Å²) in [5.74, 6) is -0.305. The van der Waals surface area contributed by atoms with E-state index in [1.54, 1.807) is 36.4 Å². The fourth-order valence-corrected chi connectivity index (χ4v) is 2.66. The molecule has 0 aliphatic rings. The number of halogens is 1. The molecule has 0 bridgehead atoms. The van der Waals surface area contributed by atoms with Gasteiger partial charge in [0.2, 0.25) is 5.91 Å². The number of hydrogen-bond donors (Lipinski definition) is 2. The summed E-state index contributed by atoms with van der Waals surface area (Å²) in [5.41, 5.74) is 8.82. The standard InChI is InChI=1S/C22H20N2O2.ClH/c23-20(15-16-7-3-1-4-8-16)22(26)24-19-13-11-18(12-14-19)21(25)17-9-5-2-6-10-17;/h1-14,20H,15,23H2,(H,24,26);1H/t20-;/m0./s1. The van der Waals surface area contributed by atoms with E-state index in [9.17, 15) is 9.59 Å². The zero-order valence-corrected chi connectivity index (χ0v) is 15.5. The van der Waals surface area contributed by atoms with Crippen molar-refractivity contribution in [2.45, 2.75) is 12.5 Å². The summed E-state index contributed by atoms with van der Waals surface area (Å²) in [6.07, 6.45) is 0.469. The van der Waals surface area contributed by atoms with E-state index in [1.165, 1.54) is 0 Å². The molecule has 4 nitrogen and oxygen atoms in total. The highest BCUT2D eigenvalue weighted by Crippen LogP contribution is 2.14. The van der Waals surface area contributed by atoms with Gasteiger partial charge in [-0.25, -0.2) is 0 Å². The number of hydrogen-bond acceptors (Lipinski definition) is 3. The lowest BCUT2D eigenvalue weighted by atomic mass is 10.0. The third-order valence-corrected chi connectivity index (χ3v) is 4.09. The summed E-state index contributed by atoms with van der Waals surface area (Å²) in [4.78, 5) is 24.6. The van der Waals surface area contributed by atoms with Gasteiger partial charge in [0, 0.05) is 16.8 Å². The molecular formula is C22H21ClN2O2. The summed E-state index contributed by atoms with van der Waals surface area (Å²) in [6, 6.07) is 24.9. The topological polar surface area (TPSA) is 72.2 Å². The molecule has 0 radical (unpaired) electrons. The molecule has 0 aliphatic carbocycles. The lowest BCUT2D eigenvalue weighted by Gasteiger charge is -2.12. The highest BCUT2D eigenvalue weighted by atomic mass is 35.5. The minimum atomic E-state index is -0.636. The number of benzene rings is 3. The first kappa shape index (κ1) is 20.4. The van der Waals surface area contributed by atoms with Crippen molar-refractivity contribution in [1.29, 1.82) is 0 Å². The Morgan fingerprint density at radius 3 is 1.89 bits per heavy atom. The zero-order chi connectivity index (χ0) is 18.4. The fraction of sp³-hybridized carbons (Fsp3) is 0.0909. The van der Waals surface area contributed by atoms with Crippen LogP contribution in [-0.4, -0.2) is 17.7 Å². The lowest BCUT2D eigenvalue weighted by Crippen LogP contribution is -2.37. The number of nitrogens with one attached hydrogen (secondary N) is 1. The van der Waals surface area contributed by atoms with E-state index in [-0.39, 0.29) is 24.1 Å². The molecule has 5 heteroatoms. The number of amides is 1. The van der Waals surface area contributed by atoms with E-state index in [4.69, 9.17) is 5.73 Å². The van der Waals surface area contributed by atoms with Crippen molar-refractivity contribution in [2.24, 2.45) is 5.73 Å². The molecule has 0 unspecified atom stereocenters. The molecule has 27 heavy (non-hydrogen) atoms. The number of anilines is 1. The Morgan fingerprint density at radius 2 is 1.30 bits per heavy atom. The Morgan fingerprint density at radius 1 is 0.778 bits per heavy atom. The second kappa shape index (κ2) is 9.67. The van der Waals surface area contributed by atoms with Crippen LogP contribution in [0.5, 0.6) is 0 Å². The van der Waals surface area contributed by atoms with Crippen LogP contribution in [0, 0.1) is 0 Å². The summed E-state index contributed by atoms with van der Waals surface area (Å²) >= 11 is 0. The van der Waals surface area contributed by atoms with Gasteiger partial charge in [-0.05, 0) is 36.2 Å². The molecule has 0 heterocycles. The first-order chi connectivity index (χ1) is 12.6. The molecule has 1 atom stereocenters. The number of ketones is 1. The molecule has 1 amide bonds.